The zero-order valence-electron chi connectivity index (χ0n) is 9.40. The minimum Gasteiger partial charge on any atom is -0.496 e. The topological polar surface area (TPSA) is 48.1 Å². The SMILES string of the molecule is COc1ccccc1-c1cncc(N)c1C. The van der Waals surface area contributed by atoms with Crippen LogP contribution in [0.3, 0.4) is 0 Å². The summed E-state index contributed by atoms with van der Waals surface area (Å²) in [5, 5.41) is 0. The van der Waals surface area contributed by atoms with Crippen molar-refractivity contribution in [3.8, 4) is 16.9 Å². The second kappa shape index (κ2) is 4.23. The van der Waals surface area contributed by atoms with E-state index >= 15 is 0 Å². The molecule has 0 spiro atoms. The molecule has 0 aliphatic carbocycles. The van der Waals surface area contributed by atoms with Crippen LogP contribution >= 0.6 is 0 Å². The van der Waals surface area contributed by atoms with E-state index in [2.05, 4.69) is 4.98 Å². The van der Waals surface area contributed by atoms with Gasteiger partial charge in [0.05, 0.1) is 19.0 Å². The molecule has 0 saturated heterocycles. The Hall–Kier alpha value is -2.03. The van der Waals surface area contributed by atoms with Crippen LogP contribution in [-0.4, -0.2) is 12.1 Å². The minimum absolute atomic E-state index is 0.698. The van der Waals surface area contributed by atoms with Gasteiger partial charge in [0.1, 0.15) is 5.75 Å². The number of rotatable bonds is 2. The molecule has 0 saturated carbocycles. The number of benzene rings is 1. The summed E-state index contributed by atoms with van der Waals surface area (Å²) in [6.07, 6.45) is 3.47. The van der Waals surface area contributed by atoms with Gasteiger partial charge in [-0.25, -0.2) is 0 Å². The summed E-state index contributed by atoms with van der Waals surface area (Å²) in [6, 6.07) is 7.85. The second-order valence-electron chi connectivity index (χ2n) is 3.60. The van der Waals surface area contributed by atoms with Crippen LogP contribution in [0.1, 0.15) is 5.56 Å². The van der Waals surface area contributed by atoms with E-state index in [0.29, 0.717) is 5.69 Å². The van der Waals surface area contributed by atoms with Crippen LogP contribution in [-0.2, 0) is 0 Å². The molecule has 1 aromatic carbocycles. The molecule has 0 aliphatic rings. The lowest BCUT2D eigenvalue weighted by Gasteiger charge is -2.11. The van der Waals surface area contributed by atoms with Crippen LogP contribution in [0.4, 0.5) is 5.69 Å². The number of nitrogens with zero attached hydrogens (tertiary/aromatic N) is 1. The van der Waals surface area contributed by atoms with Crippen LogP contribution in [0.5, 0.6) is 5.75 Å². The average molecular weight is 214 g/mol. The van der Waals surface area contributed by atoms with Crippen molar-refractivity contribution in [2.45, 2.75) is 6.92 Å². The zero-order valence-corrected chi connectivity index (χ0v) is 9.40. The van der Waals surface area contributed by atoms with Gasteiger partial charge in [0.2, 0.25) is 0 Å². The molecule has 0 fully saturated rings. The molecule has 3 heteroatoms. The molecule has 3 nitrogen and oxygen atoms in total. The van der Waals surface area contributed by atoms with Crippen LogP contribution in [0.25, 0.3) is 11.1 Å². The summed E-state index contributed by atoms with van der Waals surface area (Å²) in [5.41, 5.74) is 9.60. The predicted molar refractivity (Wildman–Crippen MR) is 65.4 cm³/mol. The summed E-state index contributed by atoms with van der Waals surface area (Å²) in [5.74, 6) is 0.831. The van der Waals surface area contributed by atoms with Crippen molar-refractivity contribution in [2.75, 3.05) is 12.8 Å². The maximum Gasteiger partial charge on any atom is 0.126 e. The Bertz CT molecular complexity index is 509. The number of nitrogen functional groups attached to an aromatic ring is 1. The van der Waals surface area contributed by atoms with Gasteiger partial charge in [0.15, 0.2) is 0 Å². The Kier molecular flexibility index (Phi) is 2.77. The Morgan fingerprint density at radius 1 is 1.12 bits per heavy atom. The lowest BCUT2D eigenvalue weighted by atomic mass is 10.0. The summed E-state index contributed by atoms with van der Waals surface area (Å²) in [4.78, 5) is 4.12. The smallest absolute Gasteiger partial charge is 0.126 e. The van der Waals surface area contributed by atoms with Gasteiger partial charge < -0.3 is 10.5 Å². The van der Waals surface area contributed by atoms with Gasteiger partial charge in [-0.15, -0.1) is 0 Å². The molecule has 0 amide bonds. The molecular formula is C13H14N2O. The monoisotopic (exact) mass is 214 g/mol. The molecule has 2 aromatic rings. The van der Waals surface area contributed by atoms with Crippen molar-refractivity contribution >= 4 is 5.69 Å². The first-order chi connectivity index (χ1) is 7.74. The van der Waals surface area contributed by atoms with Crippen LogP contribution in [0, 0.1) is 6.92 Å². The van der Waals surface area contributed by atoms with E-state index < -0.39 is 0 Å². The fourth-order valence-corrected chi connectivity index (χ4v) is 1.68. The molecule has 0 bridgehead atoms. The normalized spacial score (nSPS) is 10.1. The first-order valence-corrected chi connectivity index (χ1v) is 5.07. The molecule has 2 rings (SSSR count). The predicted octanol–water partition coefficient (Wildman–Crippen LogP) is 2.65. The van der Waals surface area contributed by atoms with Crippen molar-refractivity contribution in [3.05, 3.63) is 42.2 Å². The van der Waals surface area contributed by atoms with Gasteiger partial charge in [0, 0.05) is 17.3 Å². The van der Waals surface area contributed by atoms with E-state index in [1.54, 1.807) is 13.3 Å². The van der Waals surface area contributed by atoms with Crippen molar-refractivity contribution in [2.24, 2.45) is 0 Å². The number of methoxy groups -OCH3 is 1. The van der Waals surface area contributed by atoms with Crippen molar-refractivity contribution in [1.82, 2.24) is 4.98 Å². The Balaban J connectivity index is 2.63. The molecule has 0 aliphatic heterocycles. The largest absolute Gasteiger partial charge is 0.496 e. The van der Waals surface area contributed by atoms with E-state index in [1.807, 2.05) is 37.4 Å². The van der Waals surface area contributed by atoms with E-state index in [9.17, 15) is 0 Å². The molecule has 1 aromatic heterocycles. The number of hydrogen-bond donors (Lipinski definition) is 1. The highest BCUT2D eigenvalue weighted by Gasteiger charge is 2.09. The highest BCUT2D eigenvalue weighted by Crippen LogP contribution is 2.32. The van der Waals surface area contributed by atoms with Gasteiger partial charge in [0.25, 0.3) is 0 Å². The summed E-state index contributed by atoms with van der Waals surface area (Å²) < 4.78 is 5.33. The van der Waals surface area contributed by atoms with Crippen molar-refractivity contribution < 1.29 is 4.74 Å². The van der Waals surface area contributed by atoms with Crippen molar-refractivity contribution in [1.29, 1.82) is 0 Å². The highest BCUT2D eigenvalue weighted by atomic mass is 16.5. The number of hydrogen-bond acceptors (Lipinski definition) is 3. The minimum atomic E-state index is 0.698. The first kappa shape index (κ1) is 10.5. The third-order valence-corrected chi connectivity index (χ3v) is 2.65. The van der Waals surface area contributed by atoms with Crippen LogP contribution < -0.4 is 10.5 Å². The molecule has 0 unspecified atom stereocenters. The number of ether oxygens (including phenoxy) is 1. The molecule has 0 radical (unpaired) electrons. The van der Waals surface area contributed by atoms with Gasteiger partial charge in [-0.3, -0.25) is 4.98 Å². The van der Waals surface area contributed by atoms with Gasteiger partial charge >= 0.3 is 0 Å². The van der Waals surface area contributed by atoms with E-state index in [-0.39, 0.29) is 0 Å². The Morgan fingerprint density at radius 3 is 2.62 bits per heavy atom. The van der Waals surface area contributed by atoms with E-state index in [0.717, 1.165) is 22.4 Å². The number of anilines is 1. The van der Waals surface area contributed by atoms with E-state index in [4.69, 9.17) is 10.5 Å². The number of pyridine rings is 1. The van der Waals surface area contributed by atoms with Gasteiger partial charge in [-0.05, 0) is 18.6 Å². The summed E-state index contributed by atoms with van der Waals surface area (Å²) in [6.45, 7) is 1.98. The lowest BCUT2D eigenvalue weighted by Crippen LogP contribution is -1.95. The summed E-state index contributed by atoms with van der Waals surface area (Å²) in [7, 11) is 1.66. The third-order valence-electron chi connectivity index (χ3n) is 2.65. The number of aromatic nitrogens is 1. The third kappa shape index (κ3) is 1.72. The Labute approximate surface area is 94.9 Å². The molecular weight excluding hydrogens is 200 g/mol. The molecule has 1 heterocycles. The highest BCUT2D eigenvalue weighted by molar-refractivity contribution is 5.75. The molecule has 2 N–H and O–H groups in total. The lowest BCUT2D eigenvalue weighted by molar-refractivity contribution is 0.416. The molecule has 0 atom stereocenters. The zero-order chi connectivity index (χ0) is 11.5. The standard InChI is InChI=1S/C13H14N2O/c1-9-11(7-15-8-12(9)14)10-5-3-4-6-13(10)16-2/h3-8H,14H2,1-2H3. The van der Waals surface area contributed by atoms with Crippen LogP contribution in [0.2, 0.25) is 0 Å². The maximum absolute atomic E-state index is 5.85. The van der Waals surface area contributed by atoms with Crippen molar-refractivity contribution in [3.63, 3.8) is 0 Å². The van der Waals surface area contributed by atoms with Gasteiger partial charge in [-0.1, -0.05) is 18.2 Å². The summed E-state index contributed by atoms with van der Waals surface area (Å²) >= 11 is 0. The number of nitrogens with two attached hydrogens (primary N) is 1. The molecule has 16 heavy (non-hydrogen) atoms. The van der Waals surface area contributed by atoms with E-state index in [1.165, 1.54) is 0 Å². The Morgan fingerprint density at radius 2 is 1.88 bits per heavy atom. The molecule has 82 valence electrons. The maximum atomic E-state index is 5.85. The van der Waals surface area contributed by atoms with Crippen LogP contribution in [0.15, 0.2) is 36.7 Å². The quantitative estimate of drug-likeness (QED) is 0.836. The first-order valence-electron chi connectivity index (χ1n) is 5.07. The van der Waals surface area contributed by atoms with Gasteiger partial charge in [-0.2, -0.15) is 0 Å². The number of para-hydroxylation sites is 1. The second-order valence-corrected chi connectivity index (χ2v) is 3.60. The average Bonchev–Trinajstić information content (AvgIpc) is 2.33. The fraction of sp³-hybridized carbons (Fsp3) is 0.154. The fourth-order valence-electron chi connectivity index (χ4n) is 1.68.